The van der Waals surface area contributed by atoms with Gasteiger partial charge in [-0.3, -0.25) is 9.59 Å². The van der Waals surface area contributed by atoms with E-state index >= 15 is 0 Å². The van der Waals surface area contributed by atoms with E-state index in [1.54, 1.807) is 24.3 Å². The molecule has 1 aliphatic heterocycles. The summed E-state index contributed by atoms with van der Waals surface area (Å²) < 4.78 is 13.5. The zero-order chi connectivity index (χ0) is 18.7. The zero-order valence-corrected chi connectivity index (χ0v) is 13.8. The van der Waals surface area contributed by atoms with E-state index in [-0.39, 0.29) is 16.9 Å². The highest BCUT2D eigenvalue weighted by molar-refractivity contribution is 6.50. The van der Waals surface area contributed by atoms with Gasteiger partial charge in [0.1, 0.15) is 17.5 Å². The van der Waals surface area contributed by atoms with Crippen LogP contribution in [-0.4, -0.2) is 17.4 Å². The average molecular weight is 352 g/mol. The Morgan fingerprint density at radius 2 is 1.85 bits per heavy atom. The Morgan fingerprint density at radius 3 is 2.63 bits per heavy atom. The van der Waals surface area contributed by atoms with Gasteiger partial charge in [-0.25, -0.2) is 9.38 Å². The van der Waals surface area contributed by atoms with Gasteiger partial charge in [0, 0.05) is 22.3 Å². The summed E-state index contributed by atoms with van der Waals surface area (Å²) >= 11 is 0. The van der Waals surface area contributed by atoms with E-state index in [4.69, 9.17) is 0 Å². The quantitative estimate of drug-likeness (QED) is 0.658. The van der Waals surface area contributed by atoms with Crippen molar-refractivity contribution in [3.05, 3.63) is 88.2 Å². The second-order valence-corrected chi connectivity index (χ2v) is 6.36. The number of carbonyl (C=O) groups is 2. The summed E-state index contributed by atoms with van der Waals surface area (Å²) in [5, 5.41) is 10.8. The molecule has 126 valence electrons. The van der Waals surface area contributed by atoms with Gasteiger partial charge in [-0.05, 0) is 34.5 Å². The highest BCUT2D eigenvalue weighted by atomic mass is 19.1. The molecule has 27 heavy (non-hydrogen) atoms. The molecule has 0 spiro atoms. The Morgan fingerprint density at radius 1 is 1.04 bits per heavy atom. The Labute approximate surface area is 152 Å². The third-order valence-corrected chi connectivity index (χ3v) is 4.92. The number of benzene rings is 3. The van der Waals surface area contributed by atoms with E-state index in [1.807, 2.05) is 18.2 Å². The third kappa shape index (κ3) is 1.98. The fourth-order valence-electron chi connectivity index (χ4n) is 3.80. The first-order valence-corrected chi connectivity index (χ1v) is 8.24. The van der Waals surface area contributed by atoms with Crippen LogP contribution < -0.4 is 0 Å². The number of carbonyl (C=O) groups excluding carboxylic acids is 2. The summed E-state index contributed by atoms with van der Waals surface area (Å²) in [5.41, 5.74) is 3.17. The number of nitriles is 1. The molecule has 5 rings (SSSR count). The Balaban J connectivity index is 1.79. The van der Waals surface area contributed by atoms with Crippen molar-refractivity contribution in [2.45, 2.75) is 0 Å². The molecule has 0 atom stereocenters. The average Bonchev–Trinajstić information content (AvgIpc) is 3.16. The molecule has 0 saturated heterocycles. The summed E-state index contributed by atoms with van der Waals surface area (Å²) in [5.74, 6) is -1.30. The molecule has 1 amide bonds. The molecule has 0 aromatic heterocycles. The normalized spacial score (nSPS) is 14.4. The van der Waals surface area contributed by atoms with E-state index in [2.05, 4.69) is 4.99 Å². The maximum atomic E-state index is 13.5. The first kappa shape index (κ1) is 15.4. The number of halogens is 1. The van der Waals surface area contributed by atoms with E-state index in [0.29, 0.717) is 22.2 Å². The molecular weight excluding hydrogens is 343 g/mol. The van der Waals surface area contributed by atoms with Crippen molar-refractivity contribution >= 4 is 33.7 Å². The SMILES string of the molecule is N#CC1=C2C(=NC1=O)c1ccc(C(=O)c3cccc(F)c3)c3cccc2c13. The fourth-order valence-corrected chi connectivity index (χ4v) is 3.80. The summed E-state index contributed by atoms with van der Waals surface area (Å²) in [4.78, 5) is 29.0. The van der Waals surface area contributed by atoms with E-state index in [9.17, 15) is 19.2 Å². The van der Waals surface area contributed by atoms with E-state index < -0.39 is 11.7 Å². The maximum Gasteiger partial charge on any atom is 0.288 e. The standard InChI is InChI=1S/C22H9FN2O2/c23-12-4-1-3-11(9-12)21(26)14-7-8-16-18-13(14)5-2-6-15(18)19-17(10-24)22(27)25-20(16)19/h1-9H. The number of fused-ring (bicyclic) bond motifs is 3. The van der Waals surface area contributed by atoms with Crippen molar-refractivity contribution in [2.75, 3.05) is 0 Å². The van der Waals surface area contributed by atoms with Crippen LogP contribution in [0.1, 0.15) is 27.0 Å². The highest BCUT2D eigenvalue weighted by Gasteiger charge is 2.36. The Bertz CT molecular complexity index is 1330. The molecule has 3 aromatic carbocycles. The summed E-state index contributed by atoms with van der Waals surface area (Å²) in [6, 6.07) is 16.3. The highest BCUT2D eigenvalue weighted by Crippen LogP contribution is 2.43. The number of hydrogen-bond donors (Lipinski definition) is 0. The van der Waals surface area contributed by atoms with Gasteiger partial charge >= 0.3 is 0 Å². The summed E-state index contributed by atoms with van der Waals surface area (Å²) in [7, 11) is 0. The summed E-state index contributed by atoms with van der Waals surface area (Å²) in [6.07, 6.45) is 0. The fraction of sp³-hybridized carbons (Fsp3) is 0. The second-order valence-electron chi connectivity index (χ2n) is 6.36. The number of ketones is 1. The van der Waals surface area contributed by atoms with Crippen LogP contribution in [0.5, 0.6) is 0 Å². The zero-order valence-electron chi connectivity index (χ0n) is 13.8. The van der Waals surface area contributed by atoms with Crippen LogP contribution in [0.25, 0.3) is 16.3 Å². The lowest BCUT2D eigenvalue weighted by Crippen LogP contribution is -2.04. The minimum Gasteiger partial charge on any atom is -0.289 e. The molecule has 2 aliphatic rings. The number of nitrogens with zero attached hydrogens (tertiary/aromatic N) is 2. The van der Waals surface area contributed by atoms with Crippen molar-refractivity contribution in [1.82, 2.24) is 0 Å². The second kappa shape index (κ2) is 5.29. The summed E-state index contributed by atoms with van der Waals surface area (Å²) in [6.45, 7) is 0. The number of allylic oxidation sites excluding steroid dienone is 1. The first-order chi connectivity index (χ1) is 13.1. The predicted molar refractivity (Wildman–Crippen MR) is 97.9 cm³/mol. The molecule has 0 saturated carbocycles. The predicted octanol–water partition coefficient (Wildman–Crippen LogP) is 3.83. The van der Waals surface area contributed by atoms with Crippen LogP contribution in [0, 0.1) is 17.1 Å². The van der Waals surface area contributed by atoms with Gasteiger partial charge in [-0.2, -0.15) is 5.26 Å². The molecule has 1 aliphatic carbocycles. The van der Waals surface area contributed by atoms with Crippen LogP contribution in [0.15, 0.2) is 65.2 Å². The van der Waals surface area contributed by atoms with Gasteiger partial charge in [-0.15, -0.1) is 0 Å². The van der Waals surface area contributed by atoms with Crippen molar-refractivity contribution in [3.63, 3.8) is 0 Å². The Kier molecular flexibility index (Phi) is 3.01. The largest absolute Gasteiger partial charge is 0.289 e. The lowest BCUT2D eigenvalue weighted by Gasteiger charge is -2.08. The lowest BCUT2D eigenvalue weighted by atomic mass is 9.94. The molecule has 0 unspecified atom stereocenters. The first-order valence-electron chi connectivity index (χ1n) is 8.24. The molecule has 5 heteroatoms. The molecule has 4 nitrogen and oxygen atoms in total. The number of aliphatic imine (C=N–C) groups is 1. The van der Waals surface area contributed by atoms with E-state index in [0.717, 1.165) is 16.5 Å². The Hall–Kier alpha value is -3.91. The van der Waals surface area contributed by atoms with Crippen molar-refractivity contribution in [2.24, 2.45) is 4.99 Å². The van der Waals surface area contributed by atoms with Gasteiger partial charge in [0.25, 0.3) is 5.91 Å². The molecule has 0 fully saturated rings. The van der Waals surface area contributed by atoms with Crippen LogP contribution >= 0.6 is 0 Å². The van der Waals surface area contributed by atoms with Crippen LogP contribution in [0.2, 0.25) is 0 Å². The van der Waals surface area contributed by atoms with Crippen LogP contribution in [0.3, 0.4) is 0 Å². The monoisotopic (exact) mass is 352 g/mol. The van der Waals surface area contributed by atoms with Gasteiger partial charge in [0.05, 0.1) is 5.71 Å². The molecule has 0 N–H and O–H groups in total. The molecule has 3 aromatic rings. The number of amides is 1. The molecule has 0 bridgehead atoms. The van der Waals surface area contributed by atoms with E-state index in [1.165, 1.54) is 18.2 Å². The molecule has 1 heterocycles. The molecule has 0 radical (unpaired) electrons. The molecular formula is C22H9FN2O2. The van der Waals surface area contributed by atoms with Crippen molar-refractivity contribution in [1.29, 1.82) is 5.26 Å². The minimum atomic E-state index is -0.537. The topological polar surface area (TPSA) is 70.3 Å². The number of hydrogen-bond acceptors (Lipinski definition) is 3. The van der Waals surface area contributed by atoms with Gasteiger partial charge in [0.15, 0.2) is 5.78 Å². The van der Waals surface area contributed by atoms with Gasteiger partial charge in [0.2, 0.25) is 0 Å². The minimum absolute atomic E-state index is 0.0201. The number of rotatable bonds is 2. The van der Waals surface area contributed by atoms with Crippen LogP contribution in [0.4, 0.5) is 4.39 Å². The van der Waals surface area contributed by atoms with Crippen molar-refractivity contribution < 1.29 is 14.0 Å². The van der Waals surface area contributed by atoms with Crippen LogP contribution in [-0.2, 0) is 4.79 Å². The smallest absolute Gasteiger partial charge is 0.288 e. The maximum absolute atomic E-state index is 13.5. The lowest BCUT2D eigenvalue weighted by molar-refractivity contribution is -0.113. The van der Waals surface area contributed by atoms with Gasteiger partial charge < -0.3 is 0 Å². The van der Waals surface area contributed by atoms with Gasteiger partial charge in [-0.1, -0.05) is 36.4 Å². The third-order valence-electron chi connectivity index (χ3n) is 4.92. The van der Waals surface area contributed by atoms with Crippen molar-refractivity contribution in [3.8, 4) is 6.07 Å².